The van der Waals surface area contributed by atoms with Crippen molar-refractivity contribution in [2.75, 3.05) is 0 Å². The lowest BCUT2D eigenvalue weighted by atomic mass is 10.2. The summed E-state index contributed by atoms with van der Waals surface area (Å²) in [6, 6.07) is 7.36. The number of halogens is 1. The zero-order valence-corrected chi connectivity index (χ0v) is 8.77. The van der Waals surface area contributed by atoms with Gasteiger partial charge in [0, 0.05) is 22.4 Å². The molecule has 0 saturated heterocycles. The van der Waals surface area contributed by atoms with E-state index >= 15 is 0 Å². The lowest BCUT2D eigenvalue weighted by molar-refractivity contribution is 0.609. The molecule has 2 rings (SSSR count). The van der Waals surface area contributed by atoms with Gasteiger partial charge in [-0.25, -0.2) is 8.42 Å². The second-order valence-corrected chi connectivity index (χ2v) is 5.82. The Bertz CT molecular complexity index is 559. The number of H-pyrrole nitrogens is 1. The van der Waals surface area contributed by atoms with Crippen LogP contribution >= 0.6 is 10.7 Å². The standard InChI is InChI=1S/C9H8ClNO2S/c10-14(12,13)6-8-3-1-2-7-4-5-11-9(7)8/h1-5,11H,6H2. The third-order valence-corrected chi connectivity index (χ3v) is 2.98. The number of aromatic amines is 1. The molecule has 0 radical (unpaired) electrons. The number of hydrogen-bond acceptors (Lipinski definition) is 2. The van der Waals surface area contributed by atoms with Crippen molar-refractivity contribution in [1.82, 2.24) is 4.98 Å². The van der Waals surface area contributed by atoms with E-state index in [1.54, 1.807) is 12.3 Å². The number of aromatic nitrogens is 1. The minimum Gasteiger partial charge on any atom is -0.361 e. The summed E-state index contributed by atoms with van der Waals surface area (Å²) in [5, 5.41) is 0.989. The third-order valence-electron chi connectivity index (χ3n) is 2.00. The lowest BCUT2D eigenvalue weighted by Crippen LogP contribution is -1.95. The van der Waals surface area contributed by atoms with E-state index in [1.807, 2.05) is 18.2 Å². The molecular formula is C9H8ClNO2S. The molecule has 0 saturated carbocycles. The van der Waals surface area contributed by atoms with E-state index in [4.69, 9.17) is 10.7 Å². The first kappa shape index (κ1) is 9.55. The summed E-state index contributed by atoms with van der Waals surface area (Å²) in [5.41, 5.74) is 1.53. The van der Waals surface area contributed by atoms with Gasteiger partial charge in [-0.05, 0) is 17.0 Å². The van der Waals surface area contributed by atoms with E-state index in [0.29, 0.717) is 5.56 Å². The molecule has 0 unspecified atom stereocenters. The van der Waals surface area contributed by atoms with Crippen LogP contribution in [0, 0.1) is 0 Å². The predicted molar refractivity (Wildman–Crippen MR) is 56.8 cm³/mol. The van der Waals surface area contributed by atoms with Crippen LogP contribution in [-0.2, 0) is 14.8 Å². The minimum atomic E-state index is -3.49. The van der Waals surface area contributed by atoms with Crippen LogP contribution in [0.1, 0.15) is 5.56 Å². The van der Waals surface area contributed by atoms with Crippen molar-refractivity contribution in [2.24, 2.45) is 0 Å². The zero-order valence-electron chi connectivity index (χ0n) is 7.20. The number of fused-ring (bicyclic) bond motifs is 1. The van der Waals surface area contributed by atoms with Crippen LogP contribution in [0.4, 0.5) is 0 Å². The van der Waals surface area contributed by atoms with E-state index in [1.165, 1.54) is 0 Å². The summed E-state index contributed by atoms with van der Waals surface area (Å²) in [6.07, 6.45) is 1.77. The summed E-state index contributed by atoms with van der Waals surface area (Å²) in [6.45, 7) is 0. The lowest BCUT2D eigenvalue weighted by Gasteiger charge is -1.99. The second-order valence-electron chi connectivity index (χ2n) is 3.04. The van der Waals surface area contributed by atoms with Crippen LogP contribution in [-0.4, -0.2) is 13.4 Å². The molecular weight excluding hydrogens is 222 g/mol. The van der Waals surface area contributed by atoms with Gasteiger partial charge in [-0.15, -0.1) is 0 Å². The smallest absolute Gasteiger partial charge is 0.236 e. The average molecular weight is 230 g/mol. The van der Waals surface area contributed by atoms with Gasteiger partial charge in [0.2, 0.25) is 9.05 Å². The Kier molecular flexibility index (Phi) is 2.25. The van der Waals surface area contributed by atoms with Crippen molar-refractivity contribution in [2.45, 2.75) is 5.75 Å². The second kappa shape index (κ2) is 3.29. The molecule has 0 aliphatic heterocycles. The quantitative estimate of drug-likeness (QED) is 0.803. The Hall–Kier alpha value is -1.00. The average Bonchev–Trinajstić information content (AvgIpc) is 2.49. The molecule has 1 aromatic carbocycles. The van der Waals surface area contributed by atoms with Crippen molar-refractivity contribution in [3.05, 3.63) is 36.0 Å². The highest BCUT2D eigenvalue weighted by molar-refractivity contribution is 8.13. The fraction of sp³-hybridized carbons (Fsp3) is 0.111. The Balaban J connectivity index is 2.57. The molecule has 74 valence electrons. The molecule has 0 spiro atoms. The molecule has 0 atom stereocenters. The molecule has 14 heavy (non-hydrogen) atoms. The zero-order chi connectivity index (χ0) is 10.2. The number of nitrogens with one attached hydrogen (secondary N) is 1. The number of para-hydroxylation sites is 1. The fourth-order valence-corrected chi connectivity index (χ4v) is 2.42. The van der Waals surface area contributed by atoms with Gasteiger partial charge in [0.25, 0.3) is 0 Å². The first-order valence-corrected chi connectivity index (χ1v) is 6.51. The van der Waals surface area contributed by atoms with Crippen molar-refractivity contribution in [3.8, 4) is 0 Å². The van der Waals surface area contributed by atoms with E-state index in [9.17, 15) is 8.42 Å². The SMILES string of the molecule is O=S(=O)(Cl)Cc1cccc2cc[nH]c12. The highest BCUT2D eigenvalue weighted by atomic mass is 35.7. The van der Waals surface area contributed by atoms with Gasteiger partial charge in [-0.3, -0.25) is 0 Å². The van der Waals surface area contributed by atoms with Gasteiger partial charge in [-0.1, -0.05) is 18.2 Å². The largest absolute Gasteiger partial charge is 0.361 e. The van der Waals surface area contributed by atoms with Crippen LogP contribution in [0.2, 0.25) is 0 Å². The van der Waals surface area contributed by atoms with Crippen LogP contribution in [0.3, 0.4) is 0 Å². The molecule has 0 fully saturated rings. The Morgan fingerprint density at radius 1 is 1.29 bits per heavy atom. The van der Waals surface area contributed by atoms with Crippen LogP contribution in [0.15, 0.2) is 30.5 Å². The molecule has 1 N–H and O–H groups in total. The van der Waals surface area contributed by atoms with Gasteiger partial charge >= 0.3 is 0 Å². The highest BCUT2D eigenvalue weighted by Crippen LogP contribution is 2.20. The normalized spacial score (nSPS) is 12.1. The summed E-state index contributed by atoms with van der Waals surface area (Å²) >= 11 is 0. The molecule has 0 aliphatic carbocycles. The van der Waals surface area contributed by atoms with Crippen molar-refractivity contribution in [3.63, 3.8) is 0 Å². The molecule has 1 heterocycles. The van der Waals surface area contributed by atoms with Gasteiger partial charge in [0.15, 0.2) is 0 Å². The molecule has 2 aromatic rings. The Morgan fingerprint density at radius 3 is 2.79 bits per heavy atom. The van der Waals surface area contributed by atoms with Gasteiger partial charge in [0.05, 0.1) is 5.75 Å². The summed E-state index contributed by atoms with van der Waals surface area (Å²) in [7, 11) is 1.70. The maximum absolute atomic E-state index is 10.9. The van der Waals surface area contributed by atoms with Crippen LogP contribution in [0.25, 0.3) is 10.9 Å². The molecule has 5 heteroatoms. The van der Waals surface area contributed by atoms with Crippen molar-refractivity contribution in [1.29, 1.82) is 0 Å². The van der Waals surface area contributed by atoms with E-state index < -0.39 is 9.05 Å². The van der Waals surface area contributed by atoms with E-state index in [-0.39, 0.29) is 5.75 Å². The van der Waals surface area contributed by atoms with Gasteiger partial charge in [0.1, 0.15) is 0 Å². The van der Waals surface area contributed by atoms with Crippen LogP contribution < -0.4 is 0 Å². The summed E-state index contributed by atoms with van der Waals surface area (Å²) in [5.74, 6) is -0.146. The highest BCUT2D eigenvalue weighted by Gasteiger charge is 2.10. The summed E-state index contributed by atoms with van der Waals surface area (Å²) < 4.78 is 21.8. The van der Waals surface area contributed by atoms with E-state index in [2.05, 4.69) is 4.98 Å². The topological polar surface area (TPSA) is 49.9 Å². The fourth-order valence-electron chi connectivity index (χ4n) is 1.46. The van der Waals surface area contributed by atoms with Crippen molar-refractivity contribution < 1.29 is 8.42 Å². The third kappa shape index (κ3) is 1.91. The minimum absolute atomic E-state index is 0.146. The monoisotopic (exact) mass is 229 g/mol. The first-order chi connectivity index (χ1) is 6.56. The number of benzene rings is 1. The summed E-state index contributed by atoms with van der Waals surface area (Å²) in [4.78, 5) is 2.99. The molecule has 0 amide bonds. The maximum atomic E-state index is 10.9. The van der Waals surface area contributed by atoms with Crippen molar-refractivity contribution >= 4 is 30.6 Å². The molecule has 3 nitrogen and oxygen atoms in total. The first-order valence-electron chi connectivity index (χ1n) is 4.03. The predicted octanol–water partition coefficient (Wildman–Crippen LogP) is 2.24. The maximum Gasteiger partial charge on any atom is 0.236 e. The van der Waals surface area contributed by atoms with Gasteiger partial charge in [-0.2, -0.15) is 0 Å². The number of rotatable bonds is 2. The Morgan fingerprint density at radius 2 is 2.07 bits per heavy atom. The molecule has 0 bridgehead atoms. The van der Waals surface area contributed by atoms with E-state index in [0.717, 1.165) is 10.9 Å². The van der Waals surface area contributed by atoms with Gasteiger partial charge < -0.3 is 4.98 Å². The molecule has 1 aromatic heterocycles. The molecule has 0 aliphatic rings. The Labute approximate surface area is 86.1 Å². The number of hydrogen-bond donors (Lipinski definition) is 1. The van der Waals surface area contributed by atoms with Crippen LogP contribution in [0.5, 0.6) is 0 Å².